The van der Waals surface area contributed by atoms with E-state index in [1.165, 1.54) is 40.9 Å². The van der Waals surface area contributed by atoms with Crippen LogP contribution in [0.2, 0.25) is 0 Å². The number of cyclic esters (lactones) is 1. The van der Waals surface area contributed by atoms with Gasteiger partial charge in [0.05, 0.1) is 5.56 Å². The van der Waals surface area contributed by atoms with E-state index in [1.54, 1.807) is 24.3 Å². The second-order valence-electron chi connectivity index (χ2n) is 9.08. The van der Waals surface area contributed by atoms with Crippen LogP contribution in [-0.2, 0) is 23.9 Å². The molecule has 4 N–H and O–H groups in total. The fourth-order valence-corrected chi connectivity index (χ4v) is 6.19. The number of carbonyl (C=O) groups is 4. The van der Waals surface area contributed by atoms with Crippen molar-refractivity contribution in [2.75, 3.05) is 0 Å². The van der Waals surface area contributed by atoms with Crippen LogP contribution in [0.3, 0.4) is 0 Å². The van der Waals surface area contributed by atoms with E-state index in [0.29, 0.717) is 16.7 Å². The number of β-lactam (4-membered cyclic amide) rings is 1. The quantitative estimate of drug-likeness (QED) is 0.411. The van der Waals surface area contributed by atoms with E-state index < -0.39 is 58.3 Å². The van der Waals surface area contributed by atoms with Crippen LogP contribution in [0.1, 0.15) is 47.7 Å². The maximum absolute atomic E-state index is 13.2. The molecule has 0 aromatic heterocycles. The highest BCUT2D eigenvalue weighted by Crippen LogP contribution is 2.51. The van der Waals surface area contributed by atoms with Crippen LogP contribution in [0.25, 0.3) is 0 Å². The maximum atomic E-state index is 13.2. The van der Waals surface area contributed by atoms with Crippen molar-refractivity contribution in [1.82, 2.24) is 10.2 Å². The van der Waals surface area contributed by atoms with E-state index in [1.807, 2.05) is 13.8 Å². The van der Waals surface area contributed by atoms with Gasteiger partial charge in [0.1, 0.15) is 29.2 Å². The number of nitrogens with zero attached hydrogens (tertiary/aromatic N) is 1. The zero-order valence-corrected chi connectivity index (χ0v) is 19.7. The number of nitrogens with one attached hydrogen (secondary N) is 1. The number of esters is 2. The van der Waals surface area contributed by atoms with Gasteiger partial charge < -0.3 is 30.5 Å². The Morgan fingerprint density at radius 3 is 2.57 bits per heavy atom. The van der Waals surface area contributed by atoms with Crippen molar-refractivity contribution in [2.45, 2.75) is 48.4 Å². The minimum atomic E-state index is -1.18. The van der Waals surface area contributed by atoms with Crippen molar-refractivity contribution in [3.05, 3.63) is 65.2 Å². The summed E-state index contributed by atoms with van der Waals surface area (Å²) in [6.07, 6.45) is -1.18. The molecular formula is C24H23N3O7S. The van der Waals surface area contributed by atoms with Crippen molar-refractivity contribution in [3.8, 4) is 5.75 Å². The molecule has 35 heavy (non-hydrogen) atoms. The summed E-state index contributed by atoms with van der Waals surface area (Å²) in [5.41, 5.74) is 7.29. The van der Waals surface area contributed by atoms with Gasteiger partial charge in [-0.05, 0) is 37.6 Å². The molecule has 0 aliphatic carbocycles. The van der Waals surface area contributed by atoms with Crippen LogP contribution >= 0.6 is 11.8 Å². The monoisotopic (exact) mass is 497 g/mol. The molecule has 11 heteroatoms. The minimum Gasteiger partial charge on any atom is -0.508 e. The van der Waals surface area contributed by atoms with Crippen molar-refractivity contribution in [3.63, 3.8) is 0 Å². The smallest absolute Gasteiger partial charge is 0.342 e. The van der Waals surface area contributed by atoms with E-state index in [9.17, 15) is 24.3 Å². The van der Waals surface area contributed by atoms with E-state index in [-0.39, 0.29) is 5.75 Å². The molecule has 10 nitrogen and oxygen atoms in total. The average Bonchev–Trinajstić information content (AvgIpc) is 3.28. The van der Waals surface area contributed by atoms with Gasteiger partial charge in [-0.1, -0.05) is 30.3 Å². The number of aromatic hydroxyl groups is 1. The van der Waals surface area contributed by atoms with Gasteiger partial charge in [0.25, 0.3) is 6.29 Å². The molecule has 3 heterocycles. The number of hydrogen-bond acceptors (Lipinski definition) is 9. The molecule has 2 aromatic rings. The van der Waals surface area contributed by atoms with Crippen LogP contribution in [0.4, 0.5) is 0 Å². The zero-order valence-electron chi connectivity index (χ0n) is 18.8. The predicted octanol–water partition coefficient (Wildman–Crippen LogP) is 1.35. The van der Waals surface area contributed by atoms with Crippen LogP contribution in [-0.4, -0.2) is 56.0 Å². The van der Waals surface area contributed by atoms with E-state index in [0.717, 1.165) is 0 Å². The first-order valence-corrected chi connectivity index (χ1v) is 11.8. The summed E-state index contributed by atoms with van der Waals surface area (Å²) in [5, 5.41) is 11.6. The summed E-state index contributed by atoms with van der Waals surface area (Å²) in [5.74, 6) is -2.20. The number of rotatable bonds is 5. The Morgan fingerprint density at radius 2 is 1.86 bits per heavy atom. The molecular weight excluding hydrogens is 474 g/mol. The first-order chi connectivity index (χ1) is 16.6. The second kappa shape index (κ2) is 8.28. The molecule has 3 aliphatic heterocycles. The topological polar surface area (TPSA) is 148 Å². The molecule has 2 saturated heterocycles. The summed E-state index contributed by atoms with van der Waals surface area (Å²) in [6.45, 7) is 3.62. The highest BCUT2D eigenvalue weighted by atomic mass is 32.2. The maximum Gasteiger partial charge on any atom is 0.342 e. The highest BCUT2D eigenvalue weighted by Gasteiger charge is 2.65. The number of ether oxygens (including phenoxy) is 2. The van der Waals surface area contributed by atoms with Crippen LogP contribution in [0, 0.1) is 0 Å². The van der Waals surface area contributed by atoms with Crippen molar-refractivity contribution < 1.29 is 33.8 Å². The van der Waals surface area contributed by atoms with Crippen molar-refractivity contribution in [2.24, 2.45) is 5.73 Å². The number of thioether (sulfide) groups is 1. The SMILES string of the molecule is CC1(C)S[C@@H]2[C@H](NC(=O)C(N)c3ccc(O)cc3)C(=O)N2[C@H]1C(=O)OC1OC(=O)c2ccccc21. The van der Waals surface area contributed by atoms with Gasteiger partial charge >= 0.3 is 11.9 Å². The van der Waals surface area contributed by atoms with E-state index in [4.69, 9.17) is 15.2 Å². The lowest BCUT2D eigenvalue weighted by molar-refractivity contribution is -0.180. The Labute approximate surface area is 204 Å². The fourth-order valence-electron chi connectivity index (χ4n) is 4.57. The van der Waals surface area contributed by atoms with Gasteiger partial charge in [0.2, 0.25) is 11.8 Å². The molecule has 0 radical (unpaired) electrons. The summed E-state index contributed by atoms with van der Waals surface area (Å²) >= 11 is 1.37. The third kappa shape index (κ3) is 3.80. The summed E-state index contributed by atoms with van der Waals surface area (Å²) < 4.78 is 10.0. The lowest BCUT2D eigenvalue weighted by Crippen LogP contribution is -2.71. The van der Waals surface area contributed by atoms with Crippen molar-refractivity contribution in [1.29, 1.82) is 0 Å². The first-order valence-electron chi connectivity index (χ1n) is 10.9. The van der Waals surface area contributed by atoms with Gasteiger partial charge in [-0.3, -0.25) is 9.59 Å². The third-order valence-electron chi connectivity index (χ3n) is 6.37. The largest absolute Gasteiger partial charge is 0.508 e. The number of amides is 2. The molecule has 5 rings (SSSR count). The highest BCUT2D eigenvalue weighted by molar-refractivity contribution is 8.01. The molecule has 182 valence electrons. The van der Waals surface area contributed by atoms with Crippen molar-refractivity contribution >= 4 is 35.5 Å². The van der Waals surface area contributed by atoms with Gasteiger partial charge in [-0.25, -0.2) is 9.59 Å². The predicted molar refractivity (Wildman–Crippen MR) is 124 cm³/mol. The van der Waals surface area contributed by atoms with E-state index >= 15 is 0 Å². The molecule has 0 spiro atoms. The molecule has 3 aliphatic rings. The van der Waals surface area contributed by atoms with Crippen LogP contribution in [0.15, 0.2) is 48.5 Å². The molecule has 2 fully saturated rings. The molecule has 2 unspecified atom stereocenters. The number of phenolic OH excluding ortho intramolecular Hbond substituents is 1. The average molecular weight is 498 g/mol. The van der Waals surface area contributed by atoms with Crippen LogP contribution in [0.5, 0.6) is 5.75 Å². The minimum absolute atomic E-state index is 0.0459. The summed E-state index contributed by atoms with van der Waals surface area (Å²) in [7, 11) is 0. The Morgan fingerprint density at radius 1 is 1.17 bits per heavy atom. The van der Waals surface area contributed by atoms with Gasteiger partial charge in [-0.2, -0.15) is 0 Å². The number of nitrogens with two attached hydrogens (primary N) is 1. The number of hydrogen-bond donors (Lipinski definition) is 3. The molecule has 0 bridgehead atoms. The lowest BCUT2D eigenvalue weighted by atomic mass is 9.95. The molecule has 2 aromatic carbocycles. The summed E-state index contributed by atoms with van der Waals surface area (Å²) in [4.78, 5) is 52.3. The van der Waals surface area contributed by atoms with E-state index in [2.05, 4.69) is 5.32 Å². The Bertz CT molecular complexity index is 1230. The first kappa shape index (κ1) is 23.2. The lowest BCUT2D eigenvalue weighted by Gasteiger charge is -2.44. The van der Waals surface area contributed by atoms with Gasteiger partial charge in [0, 0.05) is 10.3 Å². The molecule has 2 amide bonds. The molecule has 5 atom stereocenters. The Balaban J connectivity index is 1.28. The van der Waals surface area contributed by atoms with Gasteiger partial charge in [-0.15, -0.1) is 11.8 Å². The Kier molecular flexibility index (Phi) is 5.48. The van der Waals surface area contributed by atoms with Gasteiger partial charge in [0.15, 0.2) is 0 Å². The number of carbonyl (C=O) groups excluding carboxylic acids is 4. The third-order valence-corrected chi connectivity index (χ3v) is 7.94. The Hall–Kier alpha value is -3.57. The molecule has 0 saturated carbocycles. The fraction of sp³-hybridized carbons (Fsp3) is 0.333. The standard InChI is InChI=1S/C24H23N3O7S/c1-24(2)17(22(32)34-23-14-6-4-3-5-13(14)21(31)33-23)27-19(30)16(20(27)35-24)26-18(29)15(25)11-7-9-12(28)10-8-11/h3-10,15-17,20,23,28H,25H2,1-2H3,(H,26,29)/t15?,16-,17+,20-,23?/m1/s1. The number of fused-ring (bicyclic) bond motifs is 2. The normalized spacial score (nSPS) is 26.8. The number of phenols is 1. The zero-order chi connectivity index (χ0) is 25.1. The number of benzene rings is 2. The van der Waals surface area contributed by atoms with Crippen LogP contribution < -0.4 is 11.1 Å². The summed E-state index contributed by atoms with van der Waals surface area (Å²) in [6, 6.07) is 9.72. The second-order valence-corrected chi connectivity index (χ2v) is 10.8.